The molecule has 4 heteroatoms. The maximum Gasteiger partial charge on any atom is 0.159 e. The Morgan fingerprint density at radius 1 is 0.487 bits per heavy atom. The van der Waals surface area contributed by atoms with Gasteiger partial charge in [-0.2, -0.15) is 0 Å². The Bertz CT molecular complexity index is 4200. The van der Waals surface area contributed by atoms with Gasteiger partial charge in [-0.3, -0.25) is 0 Å². The van der Waals surface area contributed by atoms with Crippen molar-refractivity contribution >= 4 is 34.7 Å². The van der Waals surface area contributed by atoms with Gasteiger partial charge in [-0.15, -0.1) is 5.98 Å². The van der Waals surface area contributed by atoms with Gasteiger partial charge in [0, 0.05) is 45.3 Å². The zero-order valence-electron chi connectivity index (χ0n) is 44.2. The Hall–Kier alpha value is -8.60. The van der Waals surface area contributed by atoms with Crippen LogP contribution in [0.1, 0.15) is 106 Å². The van der Waals surface area contributed by atoms with Crippen molar-refractivity contribution < 1.29 is 0 Å². The molecule has 3 nitrogen and oxygen atoms in total. The molecule has 0 saturated carbocycles. The summed E-state index contributed by atoms with van der Waals surface area (Å²) in [4.78, 5) is 11.7. The van der Waals surface area contributed by atoms with E-state index in [2.05, 4.69) is 243 Å². The normalized spacial score (nSPS) is 17.4. The summed E-state index contributed by atoms with van der Waals surface area (Å²) in [6.45, 7) is 2.34. The summed E-state index contributed by atoms with van der Waals surface area (Å²) >= 11 is 0. The van der Waals surface area contributed by atoms with Gasteiger partial charge in [0.05, 0.1) is 22.4 Å². The van der Waals surface area contributed by atoms with Crippen LogP contribution in [0, 0.1) is 0 Å². The number of aryl methyl sites for hydroxylation is 2. The fraction of sp³-hybridized carbons (Fsp3) is 0.162. The lowest BCUT2D eigenvalue weighted by atomic mass is 9.66. The van der Waals surface area contributed by atoms with E-state index >= 15 is 0 Å². The van der Waals surface area contributed by atoms with Crippen LogP contribution in [0.3, 0.4) is 0 Å². The van der Waals surface area contributed by atoms with Crippen molar-refractivity contribution in [3.63, 3.8) is 0 Å². The number of allylic oxidation sites excluding steroid dienone is 3. The number of hydrogen-bond acceptors (Lipinski definition) is 2. The van der Waals surface area contributed by atoms with Gasteiger partial charge in [0.15, 0.2) is 5.82 Å². The number of para-hydroxylation sites is 1. The monoisotopic (exact) mass is 1000 g/mol. The van der Waals surface area contributed by atoms with Crippen LogP contribution in [0.25, 0.3) is 77.8 Å². The third-order valence-electron chi connectivity index (χ3n) is 18.0. The first-order chi connectivity index (χ1) is 38.7. The number of hydrogen-bond donors (Lipinski definition) is 0. The maximum absolute atomic E-state index is 5.92. The van der Waals surface area contributed by atoms with Crippen molar-refractivity contribution in [2.75, 3.05) is 0 Å². The number of fused-ring (bicyclic) bond motifs is 12. The lowest BCUT2D eigenvalue weighted by Gasteiger charge is -2.27. The average molecular weight is 1000 g/mol. The van der Waals surface area contributed by atoms with Crippen LogP contribution in [-0.4, -0.2) is 21.8 Å². The lowest BCUT2D eigenvalue weighted by molar-refractivity contribution is 0.656. The van der Waals surface area contributed by atoms with Crippen LogP contribution in [0.15, 0.2) is 230 Å². The second-order valence-corrected chi connectivity index (χ2v) is 22.0. The van der Waals surface area contributed by atoms with Crippen molar-refractivity contribution in [1.29, 1.82) is 0 Å². The molecule has 2 aromatic heterocycles. The van der Waals surface area contributed by atoms with Crippen LogP contribution in [0.5, 0.6) is 0 Å². The molecule has 3 heterocycles. The maximum atomic E-state index is 5.92. The Labute approximate surface area is 459 Å². The molecule has 15 rings (SSSR count). The van der Waals surface area contributed by atoms with Crippen LogP contribution in [0.4, 0.5) is 0 Å². The summed E-state index contributed by atoms with van der Waals surface area (Å²) < 4.78 is 2.61. The summed E-state index contributed by atoms with van der Waals surface area (Å²) in [6.07, 6.45) is 10.2. The zero-order valence-corrected chi connectivity index (χ0v) is 44.2. The topological polar surface area (TPSA) is 30.7 Å². The van der Waals surface area contributed by atoms with E-state index in [0.29, 0.717) is 5.92 Å². The van der Waals surface area contributed by atoms with Crippen molar-refractivity contribution in [3.8, 4) is 50.5 Å². The summed E-state index contributed by atoms with van der Waals surface area (Å²) in [7, 11) is 2.32. The quantitative estimate of drug-likeness (QED) is 0.149. The van der Waals surface area contributed by atoms with Crippen molar-refractivity contribution in [1.82, 2.24) is 14.5 Å². The molecule has 1 radical (unpaired) electrons. The molecular weight excluding hydrogens is 942 g/mol. The van der Waals surface area contributed by atoms with E-state index in [0.717, 1.165) is 62.7 Å². The first-order valence-electron chi connectivity index (χ1n) is 28.5. The Balaban J connectivity index is 0.962. The molecule has 0 fully saturated rings. The fourth-order valence-electron chi connectivity index (χ4n) is 14.3. The molecule has 0 saturated heterocycles. The van der Waals surface area contributed by atoms with Crippen LogP contribution >= 0.6 is 0 Å². The molecule has 0 amide bonds. The zero-order chi connectivity index (χ0) is 51.7. The van der Waals surface area contributed by atoms with E-state index < -0.39 is 0 Å². The van der Waals surface area contributed by atoms with Crippen LogP contribution in [0.2, 0.25) is 6.32 Å². The average Bonchev–Trinajstić information content (AvgIpc) is 3.78. The smallest absolute Gasteiger partial charge is 0.159 e. The Morgan fingerprint density at radius 3 is 1.90 bits per heavy atom. The minimum atomic E-state index is 0.000956. The fourth-order valence-corrected chi connectivity index (χ4v) is 14.3. The molecular formula is C74H59BN3. The minimum absolute atomic E-state index is 0.000956. The molecule has 3 aliphatic carbocycles. The number of aromatic nitrogens is 3. The largest absolute Gasteiger partial charge is 0.309 e. The van der Waals surface area contributed by atoms with E-state index in [1.54, 1.807) is 0 Å². The van der Waals surface area contributed by atoms with Crippen LogP contribution < -0.4 is 0 Å². The standard InChI is InChI=1S/C74H59BN3/c1-2-55-71(65-40-36-53-46-75-44-43-57(53)60-24-11-13-25-61(60)65)76-74(52-31-29-48(30-32-52)47-17-5-3-6-18-47)77-72(55)66-39-35-50-21-9-10-22-58(50)70-64(66)41-42-67-63-27-15-16-28-69(63)78(73(67)70)54-37-33-51-34-38-56(49-19-7-4-8-20-49)59-23-12-14-26-62(59)68(51)45-54/h3-33,37,41-45,56,65-66H,2,34-36,38-40,46H2,1H3. The van der Waals surface area contributed by atoms with Crippen molar-refractivity contribution in [3.05, 3.63) is 286 Å². The highest BCUT2D eigenvalue weighted by Crippen LogP contribution is 2.51. The molecule has 4 aliphatic rings. The predicted octanol–water partition coefficient (Wildman–Crippen LogP) is 18.3. The highest BCUT2D eigenvalue weighted by atomic mass is 15.0. The van der Waals surface area contributed by atoms with E-state index in [1.807, 2.05) is 0 Å². The van der Waals surface area contributed by atoms with E-state index in [1.165, 1.54) is 128 Å². The number of nitrogens with zero attached hydrogens (tertiary/aromatic N) is 3. The van der Waals surface area contributed by atoms with Gasteiger partial charge in [0.25, 0.3) is 0 Å². The Morgan fingerprint density at radius 2 is 1.10 bits per heavy atom. The van der Waals surface area contributed by atoms with Crippen LogP contribution in [-0.2, 0) is 19.3 Å². The second-order valence-electron chi connectivity index (χ2n) is 22.0. The minimum Gasteiger partial charge on any atom is -0.309 e. The van der Waals surface area contributed by atoms with Crippen molar-refractivity contribution in [2.45, 2.75) is 75.9 Å². The first kappa shape index (κ1) is 46.7. The first-order valence-corrected chi connectivity index (χ1v) is 28.5. The molecule has 11 aromatic rings. The Kier molecular flexibility index (Phi) is 11.6. The van der Waals surface area contributed by atoms with Gasteiger partial charge in [-0.1, -0.05) is 219 Å². The second kappa shape index (κ2) is 19.5. The molecule has 373 valence electrons. The summed E-state index contributed by atoms with van der Waals surface area (Å²) in [6, 6.07) is 79.8. The van der Waals surface area contributed by atoms with Gasteiger partial charge in [-0.05, 0) is 141 Å². The molecule has 0 N–H and O–H groups in total. The molecule has 0 bridgehead atoms. The highest BCUT2D eigenvalue weighted by molar-refractivity contribution is 6.44. The molecule has 3 atom stereocenters. The molecule has 0 spiro atoms. The molecule has 78 heavy (non-hydrogen) atoms. The number of benzene rings is 9. The van der Waals surface area contributed by atoms with E-state index in [-0.39, 0.29) is 11.8 Å². The summed E-state index contributed by atoms with van der Waals surface area (Å²) in [5, 5.41) is 2.54. The van der Waals surface area contributed by atoms with Gasteiger partial charge in [0.1, 0.15) is 7.28 Å². The van der Waals surface area contributed by atoms with E-state index in [4.69, 9.17) is 9.97 Å². The molecule has 1 aliphatic heterocycles. The molecule has 9 aromatic carbocycles. The van der Waals surface area contributed by atoms with Crippen molar-refractivity contribution in [2.24, 2.45) is 0 Å². The summed E-state index contributed by atoms with van der Waals surface area (Å²) in [5.74, 6) is 3.49. The van der Waals surface area contributed by atoms with E-state index in [9.17, 15) is 0 Å². The van der Waals surface area contributed by atoms with Gasteiger partial charge in [0.2, 0.25) is 0 Å². The summed E-state index contributed by atoms with van der Waals surface area (Å²) in [5.41, 5.74) is 28.6. The number of rotatable bonds is 7. The highest BCUT2D eigenvalue weighted by Gasteiger charge is 2.35. The van der Waals surface area contributed by atoms with Gasteiger partial charge >= 0.3 is 0 Å². The lowest BCUT2D eigenvalue weighted by Crippen LogP contribution is -2.17. The van der Waals surface area contributed by atoms with Gasteiger partial charge in [-0.25, -0.2) is 9.97 Å². The molecule has 3 unspecified atom stereocenters. The van der Waals surface area contributed by atoms with Gasteiger partial charge < -0.3 is 4.57 Å². The SMILES string of the molecule is CCc1c(C2CCC3=C(C=C[B]C3)c3ccccc32)nc(-c2ccc(-c3ccccc3)cc2)nc1C1CCc2ccccc2-c2c1ccc1c3ccccc3n(-c3ccc4c(c3)-c3ccccc3C(c3ccccc3)CC4)c21. The third-order valence-corrected chi connectivity index (χ3v) is 18.0. The predicted molar refractivity (Wildman–Crippen MR) is 325 cm³/mol. The third kappa shape index (κ3) is 7.78.